The summed E-state index contributed by atoms with van der Waals surface area (Å²) < 4.78 is 0. The van der Waals surface area contributed by atoms with Crippen LogP contribution in [0, 0.1) is 12.8 Å². The number of benzene rings is 2. The Labute approximate surface area is 149 Å². The quantitative estimate of drug-likeness (QED) is 0.601. The van der Waals surface area contributed by atoms with Crippen molar-refractivity contribution in [2.45, 2.75) is 26.7 Å². The first kappa shape index (κ1) is 16.8. The zero-order valence-corrected chi connectivity index (χ0v) is 15.1. The van der Waals surface area contributed by atoms with Crippen LogP contribution >= 0.6 is 11.6 Å². The number of anilines is 2. The summed E-state index contributed by atoms with van der Waals surface area (Å²) in [7, 11) is 0. The molecule has 0 atom stereocenters. The second-order valence-electron chi connectivity index (χ2n) is 6.60. The molecule has 1 aliphatic rings. The Morgan fingerprint density at radius 3 is 2.50 bits per heavy atom. The molecule has 1 saturated heterocycles. The van der Waals surface area contributed by atoms with Crippen molar-refractivity contribution in [2.75, 3.05) is 23.4 Å². The van der Waals surface area contributed by atoms with Crippen molar-refractivity contribution in [3.63, 3.8) is 0 Å². The van der Waals surface area contributed by atoms with Gasteiger partial charge in [-0.3, -0.25) is 5.43 Å². The molecule has 3 nitrogen and oxygen atoms in total. The first-order valence-corrected chi connectivity index (χ1v) is 8.90. The standard InChI is InChI=1S/C20H24ClN3/c1-15-9-11-24(12-10-15)19-7-4-17(5-8-19)14-22-23-18-6-3-16(2)20(21)13-18/h3-8,13-15,23H,9-12H2,1-2H3. The van der Waals surface area contributed by atoms with Crippen LogP contribution in [-0.4, -0.2) is 19.3 Å². The maximum atomic E-state index is 6.11. The Bertz CT molecular complexity index is 701. The molecule has 2 aromatic carbocycles. The van der Waals surface area contributed by atoms with E-state index >= 15 is 0 Å². The molecule has 1 N–H and O–H groups in total. The van der Waals surface area contributed by atoms with Gasteiger partial charge in [-0.05, 0) is 61.1 Å². The van der Waals surface area contributed by atoms with Gasteiger partial charge in [0.1, 0.15) is 0 Å². The van der Waals surface area contributed by atoms with E-state index in [1.54, 1.807) is 0 Å². The molecule has 0 unspecified atom stereocenters. The lowest BCUT2D eigenvalue weighted by Gasteiger charge is -2.32. The molecular weight excluding hydrogens is 318 g/mol. The number of hydrazone groups is 1. The fraction of sp³-hybridized carbons (Fsp3) is 0.350. The monoisotopic (exact) mass is 341 g/mol. The lowest BCUT2D eigenvalue weighted by atomic mass is 9.99. The van der Waals surface area contributed by atoms with Gasteiger partial charge in [0.25, 0.3) is 0 Å². The smallest absolute Gasteiger partial charge is 0.0576 e. The summed E-state index contributed by atoms with van der Waals surface area (Å²) in [6.07, 6.45) is 4.40. The number of nitrogens with one attached hydrogen (secondary N) is 1. The minimum atomic E-state index is 0.746. The van der Waals surface area contributed by atoms with Gasteiger partial charge in [-0.2, -0.15) is 5.10 Å². The summed E-state index contributed by atoms with van der Waals surface area (Å²) >= 11 is 6.11. The molecule has 0 saturated carbocycles. The van der Waals surface area contributed by atoms with E-state index in [1.165, 1.54) is 18.5 Å². The van der Waals surface area contributed by atoms with Gasteiger partial charge in [0, 0.05) is 23.8 Å². The first-order chi connectivity index (χ1) is 11.6. The Morgan fingerprint density at radius 1 is 1.12 bits per heavy atom. The van der Waals surface area contributed by atoms with E-state index in [4.69, 9.17) is 11.6 Å². The van der Waals surface area contributed by atoms with E-state index in [1.807, 2.05) is 31.3 Å². The molecule has 3 rings (SSSR count). The van der Waals surface area contributed by atoms with Crippen LogP contribution in [-0.2, 0) is 0 Å². The summed E-state index contributed by atoms with van der Waals surface area (Å²) in [6, 6.07) is 14.4. The Balaban J connectivity index is 1.58. The predicted molar refractivity (Wildman–Crippen MR) is 104 cm³/mol. The predicted octanol–water partition coefficient (Wildman–Crippen LogP) is 5.33. The summed E-state index contributed by atoms with van der Waals surface area (Å²) in [5, 5.41) is 5.03. The summed E-state index contributed by atoms with van der Waals surface area (Å²) in [5.74, 6) is 0.856. The number of nitrogens with zero attached hydrogens (tertiary/aromatic N) is 2. The lowest BCUT2D eigenvalue weighted by molar-refractivity contribution is 0.438. The highest BCUT2D eigenvalue weighted by Crippen LogP contribution is 2.23. The van der Waals surface area contributed by atoms with Gasteiger partial charge >= 0.3 is 0 Å². The molecule has 0 spiro atoms. The summed E-state index contributed by atoms with van der Waals surface area (Å²) in [5.41, 5.74) is 7.35. The van der Waals surface area contributed by atoms with E-state index < -0.39 is 0 Å². The molecule has 0 aromatic heterocycles. The van der Waals surface area contributed by atoms with Crippen molar-refractivity contribution in [2.24, 2.45) is 11.0 Å². The molecule has 0 bridgehead atoms. The molecule has 1 heterocycles. The highest BCUT2D eigenvalue weighted by molar-refractivity contribution is 6.31. The second-order valence-corrected chi connectivity index (χ2v) is 7.00. The molecule has 0 aliphatic carbocycles. The first-order valence-electron chi connectivity index (χ1n) is 8.52. The Morgan fingerprint density at radius 2 is 1.83 bits per heavy atom. The molecule has 4 heteroatoms. The van der Waals surface area contributed by atoms with Crippen LogP contribution in [0.1, 0.15) is 30.9 Å². The zero-order chi connectivity index (χ0) is 16.9. The van der Waals surface area contributed by atoms with Gasteiger partial charge in [-0.15, -0.1) is 0 Å². The zero-order valence-electron chi connectivity index (χ0n) is 14.3. The normalized spacial score (nSPS) is 15.9. The number of piperidine rings is 1. The van der Waals surface area contributed by atoms with Gasteiger partial charge in [0.05, 0.1) is 11.9 Å². The largest absolute Gasteiger partial charge is 0.372 e. The van der Waals surface area contributed by atoms with Crippen molar-refractivity contribution in [3.05, 3.63) is 58.6 Å². The minimum Gasteiger partial charge on any atom is -0.372 e. The molecular formula is C20H24ClN3. The van der Waals surface area contributed by atoms with Crippen LogP contribution < -0.4 is 10.3 Å². The van der Waals surface area contributed by atoms with Crippen LogP contribution in [0.4, 0.5) is 11.4 Å². The van der Waals surface area contributed by atoms with Crippen LogP contribution in [0.2, 0.25) is 5.02 Å². The fourth-order valence-electron chi connectivity index (χ4n) is 2.88. The van der Waals surface area contributed by atoms with E-state index in [-0.39, 0.29) is 0 Å². The number of hydrogen-bond acceptors (Lipinski definition) is 3. The van der Waals surface area contributed by atoms with Crippen molar-refractivity contribution in [1.29, 1.82) is 0 Å². The highest BCUT2D eigenvalue weighted by atomic mass is 35.5. The molecule has 2 aromatic rings. The van der Waals surface area contributed by atoms with Crippen LogP contribution in [0.25, 0.3) is 0 Å². The second kappa shape index (κ2) is 7.71. The van der Waals surface area contributed by atoms with Gasteiger partial charge in [-0.25, -0.2) is 0 Å². The SMILES string of the molecule is Cc1ccc(NN=Cc2ccc(N3CCC(C)CC3)cc2)cc1Cl. The third kappa shape index (κ3) is 4.30. The third-order valence-electron chi connectivity index (χ3n) is 4.62. The molecule has 1 fully saturated rings. The highest BCUT2D eigenvalue weighted by Gasteiger charge is 2.15. The average Bonchev–Trinajstić information content (AvgIpc) is 2.59. The fourth-order valence-corrected chi connectivity index (χ4v) is 3.06. The van der Waals surface area contributed by atoms with Gasteiger partial charge in [-0.1, -0.05) is 36.7 Å². The Kier molecular flexibility index (Phi) is 5.41. The number of halogens is 1. The van der Waals surface area contributed by atoms with E-state index in [2.05, 4.69) is 46.6 Å². The lowest BCUT2D eigenvalue weighted by Crippen LogP contribution is -2.32. The van der Waals surface area contributed by atoms with E-state index in [0.717, 1.165) is 40.8 Å². The summed E-state index contributed by atoms with van der Waals surface area (Å²) in [4.78, 5) is 2.47. The molecule has 0 radical (unpaired) electrons. The topological polar surface area (TPSA) is 27.6 Å². The molecule has 0 amide bonds. The van der Waals surface area contributed by atoms with Crippen molar-refractivity contribution >= 4 is 29.2 Å². The van der Waals surface area contributed by atoms with Crippen molar-refractivity contribution in [3.8, 4) is 0 Å². The van der Waals surface area contributed by atoms with E-state index in [0.29, 0.717) is 0 Å². The Hall–Kier alpha value is -2.00. The van der Waals surface area contributed by atoms with E-state index in [9.17, 15) is 0 Å². The van der Waals surface area contributed by atoms with Crippen LogP contribution in [0.3, 0.4) is 0 Å². The molecule has 24 heavy (non-hydrogen) atoms. The average molecular weight is 342 g/mol. The molecule has 1 aliphatic heterocycles. The van der Waals surface area contributed by atoms with Crippen LogP contribution in [0.5, 0.6) is 0 Å². The number of hydrogen-bond donors (Lipinski definition) is 1. The summed E-state index contributed by atoms with van der Waals surface area (Å²) in [6.45, 7) is 6.64. The maximum Gasteiger partial charge on any atom is 0.0576 e. The third-order valence-corrected chi connectivity index (χ3v) is 5.03. The number of aryl methyl sites for hydroxylation is 1. The van der Waals surface area contributed by atoms with Gasteiger partial charge in [0.15, 0.2) is 0 Å². The van der Waals surface area contributed by atoms with Gasteiger partial charge in [0.2, 0.25) is 0 Å². The van der Waals surface area contributed by atoms with Crippen molar-refractivity contribution < 1.29 is 0 Å². The van der Waals surface area contributed by atoms with Gasteiger partial charge < -0.3 is 4.90 Å². The number of rotatable bonds is 4. The van der Waals surface area contributed by atoms with Crippen LogP contribution in [0.15, 0.2) is 47.6 Å². The van der Waals surface area contributed by atoms with Crippen molar-refractivity contribution in [1.82, 2.24) is 0 Å². The molecule has 126 valence electrons. The maximum absolute atomic E-state index is 6.11. The minimum absolute atomic E-state index is 0.746.